The molecule has 4 heterocycles. The summed E-state index contributed by atoms with van der Waals surface area (Å²) in [5.74, 6) is -0.305. The number of hydrogen-bond acceptors (Lipinski definition) is 8. The van der Waals surface area contributed by atoms with Gasteiger partial charge in [0.2, 0.25) is 5.91 Å². The maximum atomic E-state index is 16.1. The Kier molecular flexibility index (Phi) is 9.27. The monoisotopic (exact) mass is 615 g/mol. The van der Waals surface area contributed by atoms with Crippen molar-refractivity contribution < 1.29 is 28.2 Å². The summed E-state index contributed by atoms with van der Waals surface area (Å²) in [6, 6.07) is -1.16. The van der Waals surface area contributed by atoms with Crippen molar-refractivity contribution in [3.63, 3.8) is 0 Å². The number of carbonyl (C=O) groups excluding carboxylic acids is 3. The lowest BCUT2D eigenvalue weighted by molar-refractivity contribution is -0.208. The van der Waals surface area contributed by atoms with Crippen LogP contribution in [0.4, 0.5) is 4.39 Å². The van der Waals surface area contributed by atoms with Crippen LogP contribution in [0.1, 0.15) is 64.2 Å². The molecule has 44 heavy (non-hydrogen) atoms. The van der Waals surface area contributed by atoms with Crippen molar-refractivity contribution in [2.24, 2.45) is 17.8 Å². The van der Waals surface area contributed by atoms with Crippen molar-refractivity contribution in [2.45, 2.75) is 101 Å². The van der Waals surface area contributed by atoms with Crippen molar-refractivity contribution in [3.05, 3.63) is 11.8 Å². The molecule has 11 heteroatoms. The molecule has 244 valence electrons. The Balaban J connectivity index is 1.11. The van der Waals surface area contributed by atoms with Crippen LogP contribution in [-0.4, -0.2) is 128 Å². The molecule has 7 rings (SSSR count). The van der Waals surface area contributed by atoms with Gasteiger partial charge in [0.05, 0.1) is 43.0 Å². The molecule has 10 nitrogen and oxygen atoms in total. The molecule has 0 bridgehead atoms. The topological polar surface area (TPSA) is 103 Å². The van der Waals surface area contributed by atoms with Crippen LogP contribution in [-0.2, 0) is 23.9 Å². The third kappa shape index (κ3) is 6.18. The van der Waals surface area contributed by atoms with E-state index in [9.17, 15) is 14.4 Å². The summed E-state index contributed by atoms with van der Waals surface area (Å²) in [6.45, 7) is 6.87. The van der Waals surface area contributed by atoms with Crippen molar-refractivity contribution in [2.75, 3.05) is 59.0 Å². The SMILES string of the molecule is O=C(CCN1CCOCC1)NC1C(F)CC2C(=O)C(C(=O)NCCN3CCCC3)=CN3C4CC5CCCCC5CC4OC1C23. The van der Waals surface area contributed by atoms with E-state index in [1.54, 1.807) is 6.20 Å². The number of fused-ring (bicyclic) bond motifs is 3. The first-order valence-corrected chi connectivity index (χ1v) is 17.4. The molecule has 4 aliphatic heterocycles. The number of nitrogens with zero attached hydrogens (tertiary/aromatic N) is 3. The summed E-state index contributed by atoms with van der Waals surface area (Å²) in [4.78, 5) is 47.3. The number of Topliss-reactive ketones (excluding diaryl/α,β-unsaturated/α-hetero) is 1. The number of ether oxygens (including phenoxy) is 2. The molecule has 2 N–H and O–H groups in total. The molecule has 7 aliphatic rings. The first-order valence-electron chi connectivity index (χ1n) is 17.4. The lowest BCUT2D eigenvalue weighted by atomic mass is 9.65. The van der Waals surface area contributed by atoms with Crippen molar-refractivity contribution in [1.82, 2.24) is 25.3 Å². The molecule has 3 saturated heterocycles. The van der Waals surface area contributed by atoms with Crippen molar-refractivity contribution in [3.8, 4) is 0 Å². The number of nitrogens with one attached hydrogen (secondary N) is 2. The van der Waals surface area contributed by atoms with Gasteiger partial charge >= 0.3 is 0 Å². The van der Waals surface area contributed by atoms with E-state index in [-0.39, 0.29) is 54.2 Å². The highest BCUT2D eigenvalue weighted by Crippen LogP contribution is 2.50. The Morgan fingerprint density at radius 2 is 1.66 bits per heavy atom. The Labute approximate surface area is 260 Å². The Morgan fingerprint density at radius 3 is 2.43 bits per heavy atom. The van der Waals surface area contributed by atoms with E-state index in [0.29, 0.717) is 38.1 Å². The van der Waals surface area contributed by atoms with Gasteiger partial charge in [0.25, 0.3) is 5.91 Å². The second-order valence-electron chi connectivity index (χ2n) is 14.3. The van der Waals surface area contributed by atoms with Gasteiger partial charge in [0.15, 0.2) is 5.78 Å². The molecule has 0 aromatic carbocycles. The Hall–Kier alpha value is -2.08. The van der Waals surface area contributed by atoms with Crippen molar-refractivity contribution >= 4 is 17.6 Å². The van der Waals surface area contributed by atoms with E-state index < -0.39 is 24.2 Å². The number of hydrogen-bond donors (Lipinski definition) is 2. The fourth-order valence-electron chi connectivity index (χ4n) is 9.39. The molecule has 0 aromatic heterocycles. The number of morpholine rings is 2. The molecule has 9 unspecified atom stereocenters. The zero-order valence-corrected chi connectivity index (χ0v) is 26.0. The predicted octanol–water partition coefficient (Wildman–Crippen LogP) is 1.64. The number of ketones is 1. The number of rotatable bonds is 8. The number of carbonyl (C=O) groups is 3. The van der Waals surface area contributed by atoms with Gasteiger partial charge in [-0.2, -0.15) is 0 Å². The lowest BCUT2D eigenvalue weighted by Gasteiger charge is -2.60. The van der Waals surface area contributed by atoms with Gasteiger partial charge in [-0.1, -0.05) is 25.7 Å². The second-order valence-corrected chi connectivity index (χ2v) is 14.3. The lowest BCUT2D eigenvalue weighted by Crippen LogP contribution is -2.73. The van der Waals surface area contributed by atoms with Crippen molar-refractivity contribution in [1.29, 1.82) is 0 Å². The highest BCUT2D eigenvalue weighted by molar-refractivity contribution is 6.20. The molecule has 9 atom stereocenters. The highest BCUT2D eigenvalue weighted by Gasteiger charge is 2.60. The van der Waals surface area contributed by atoms with E-state index >= 15 is 4.39 Å². The molecule has 0 radical (unpaired) electrons. The summed E-state index contributed by atoms with van der Waals surface area (Å²) < 4.78 is 28.3. The first-order chi connectivity index (χ1) is 21.5. The average Bonchev–Trinajstić information content (AvgIpc) is 3.56. The van der Waals surface area contributed by atoms with Crippen LogP contribution in [0.5, 0.6) is 0 Å². The summed E-state index contributed by atoms with van der Waals surface area (Å²) in [5, 5.41) is 6.01. The van der Waals surface area contributed by atoms with Crippen LogP contribution in [0.25, 0.3) is 0 Å². The molecule has 0 aromatic rings. The Morgan fingerprint density at radius 1 is 0.932 bits per heavy atom. The standard InChI is InChI=1S/C33H50FN5O5/c34-25-19-23-30-32(29(25)36-28(40)7-11-38-13-15-43-16-14-38)44-27-18-22-6-2-1-5-21(22)17-26(27)39(30)20-24(31(23)41)33(42)35-8-12-37-9-3-4-10-37/h20-23,25-27,29-30,32H,1-19H2,(H,35,42)(H,36,40). The number of halogens is 1. The van der Waals surface area contributed by atoms with Gasteiger partial charge < -0.3 is 29.9 Å². The van der Waals surface area contributed by atoms with Crippen LogP contribution in [0.15, 0.2) is 11.8 Å². The summed E-state index contributed by atoms with van der Waals surface area (Å²) in [5.41, 5.74) is 0.151. The third-order valence-corrected chi connectivity index (χ3v) is 11.7. The van der Waals surface area contributed by atoms with Gasteiger partial charge in [-0.15, -0.1) is 0 Å². The smallest absolute Gasteiger partial charge is 0.256 e. The maximum absolute atomic E-state index is 16.1. The van der Waals surface area contributed by atoms with Gasteiger partial charge in [0.1, 0.15) is 12.3 Å². The van der Waals surface area contributed by atoms with Gasteiger partial charge in [-0.05, 0) is 57.0 Å². The zero-order valence-electron chi connectivity index (χ0n) is 26.0. The van der Waals surface area contributed by atoms with Gasteiger partial charge in [-0.3, -0.25) is 19.3 Å². The largest absolute Gasteiger partial charge is 0.379 e. The van der Waals surface area contributed by atoms with Crippen LogP contribution >= 0.6 is 0 Å². The molecular formula is C33H50FN5O5. The quantitative estimate of drug-likeness (QED) is 0.398. The highest BCUT2D eigenvalue weighted by atomic mass is 19.1. The van der Waals surface area contributed by atoms with Crippen LogP contribution in [0, 0.1) is 17.8 Å². The van der Waals surface area contributed by atoms with E-state index in [4.69, 9.17) is 9.47 Å². The molecule has 3 saturated carbocycles. The van der Waals surface area contributed by atoms with Gasteiger partial charge in [-0.25, -0.2) is 4.39 Å². The van der Waals surface area contributed by atoms with E-state index in [2.05, 4.69) is 25.3 Å². The number of amides is 2. The molecule has 6 fully saturated rings. The summed E-state index contributed by atoms with van der Waals surface area (Å²) in [6.07, 6.45) is 9.00. The van der Waals surface area contributed by atoms with Crippen LogP contribution in [0.3, 0.4) is 0 Å². The number of alkyl halides is 1. The second kappa shape index (κ2) is 13.3. The van der Waals surface area contributed by atoms with Crippen LogP contribution < -0.4 is 10.6 Å². The van der Waals surface area contributed by atoms with E-state index in [1.165, 1.54) is 38.5 Å². The summed E-state index contributed by atoms with van der Waals surface area (Å²) >= 11 is 0. The zero-order chi connectivity index (χ0) is 30.2. The average molecular weight is 616 g/mol. The Bertz CT molecular complexity index is 1110. The minimum atomic E-state index is -1.43. The minimum Gasteiger partial charge on any atom is -0.379 e. The predicted molar refractivity (Wildman–Crippen MR) is 161 cm³/mol. The first kappa shape index (κ1) is 30.6. The van der Waals surface area contributed by atoms with Gasteiger partial charge in [0, 0.05) is 51.3 Å². The third-order valence-electron chi connectivity index (χ3n) is 11.7. The minimum absolute atomic E-state index is 0.0177. The van der Waals surface area contributed by atoms with E-state index in [0.717, 1.165) is 45.6 Å². The normalized spacial score (nSPS) is 39.1. The molecular weight excluding hydrogens is 565 g/mol. The summed E-state index contributed by atoms with van der Waals surface area (Å²) in [7, 11) is 0. The molecule has 3 aliphatic carbocycles. The molecule has 0 spiro atoms. The maximum Gasteiger partial charge on any atom is 0.256 e. The number of likely N-dealkylation sites (tertiary alicyclic amines) is 1. The van der Waals surface area contributed by atoms with Crippen LogP contribution in [0.2, 0.25) is 0 Å². The molecule has 2 amide bonds. The fourth-order valence-corrected chi connectivity index (χ4v) is 9.39. The fraction of sp³-hybridized carbons (Fsp3) is 0.848. The van der Waals surface area contributed by atoms with E-state index in [1.807, 2.05) is 0 Å².